The Labute approximate surface area is 202 Å². The van der Waals surface area contributed by atoms with Crippen LogP contribution in [0.1, 0.15) is 42.5 Å². The lowest BCUT2D eigenvalue weighted by Crippen LogP contribution is -2.36. The first kappa shape index (κ1) is 25.9. The van der Waals surface area contributed by atoms with Crippen molar-refractivity contribution < 1.29 is 23.6 Å². The van der Waals surface area contributed by atoms with Crippen LogP contribution in [0, 0.1) is 11.6 Å². The smallest absolute Gasteiger partial charge is 0.339 e. The van der Waals surface area contributed by atoms with Gasteiger partial charge >= 0.3 is 5.95 Å². The molecule has 3 aromatic rings. The van der Waals surface area contributed by atoms with Crippen LogP contribution in [0.25, 0.3) is 0 Å². The molecular weight excluding hydrogens is 456 g/mol. The molecule has 10 heteroatoms. The van der Waals surface area contributed by atoms with Crippen molar-refractivity contribution >= 4 is 29.1 Å². The summed E-state index contributed by atoms with van der Waals surface area (Å²) in [5.74, 6) is -1.16. The van der Waals surface area contributed by atoms with Gasteiger partial charge in [0.2, 0.25) is 5.91 Å². The highest BCUT2D eigenvalue weighted by atomic mass is 19.1. The lowest BCUT2D eigenvalue weighted by atomic mass is 10.1. The van der Waals surface area contributed by atoms with Crippen LogP contribution < -0.4 is 15.3 Å². The molecule has 0 unspecified atom stereocenters. The van der Waals surface area contributed by atoms with Gasteiger partial charge in [0.1, 0.15) is 23.0 Å². The van der Waals surface area contributed by atoms with Gasteiger partial charge in [-0.05, 0) is 37.1 Å². The van der Waals surface area contributed by atoms with Gasteiger partial charge in [0.25, 0.3) is 5.91 Å². The molecule has 0 fully saturated rings. The third kappa shape index (κ3) is 6.65. The lowest BCUT2D eigenvalue weighted by Gasteiger charge is -2.30. The summed E-state index contributed by atoms with van der Waals surface area (Å²) in [6, 6.07) is 11.8. The minimum absolute atomic E-state index is 0.0588. The largest absolute Gasteiger partial charge is 0.352 e. The van der Waals surface area contributed by atoms with Crippen LogP contribution in [0.2, 0.25) is 0 Å². The maximum atomic E-state index is 13.6. The SMILES string of the molecule is C[N+](c1ccc(F)cc1)(c1ccc(F)cc1)c1ncc(C(=O)NCCCCCCC(=O)NO)cn1. The average Bonchev–Trinajstić information content (AvgIpc) is 2.88. The quantitative estimate of drug-likeness (QED) is 0.160. The Morgan fingerprint density at radius 2 is 1.37 bits per heavy atom. The average molecular weight is 485 g/mol. The van der Waals surface area contributed by atoms with E-state index in [0.29, 0.717) is 30.3 Å². The molecule has 1 aromatic heterocycles. The third-order valence-electron chi connectivity index (χ3n) is 5.73. The Kier molecular flexibility index (Phi) is 8.93. The third-order valence-corrected chi connectivity index (χ3v) is 5.73. The van der Waals surface area contributed by atoms with E-state index in [1.54, 1.807) is 36.8 Å². The van der Waals surface area contributed by atoms with Gasteiger partial charge < -0.3 is 5.32 Å². The number of unbranched alkanes of at least 4 members (excludes halogenated alkanes) is 3. The van der Waals surface area contributed by atoms with Crippen molar-refractivity contribution in [2.24, 2.45) is 0 Å². The Morgan fingerprint density at radius 1 is 0.857 bits per heavy atom. The minimum atomic E-state index is -0.407. The van der Waals surface area contributed by atoms with Gasteiger partial charge in [0.05, 0.1) is 12.6 Å². The van der Waals surface area contributed by atoms with Crippen LogP contribution in [0.15, 0.2) is 60.9 Å². The van der Waals surface area contributed by atoms with E-state index in [9.17, 15) is 18.4 Å². The number of carbonyl (C=O) groups is 2. The van der Waals surface area contributed by atoms with Crippen LogP contribution in [0.4, 0.5) is 26.1 Å². The second-order valence-electron chi connectivity index (χ2n) is 8.19. The number of quaternary nitrogens is 1. The van der Waals surface area contributed by atoms with Crippen molar-refractivity contribution in [3.05, 3.63) is 78.1 Å². The Morgan fingerprint density at radius 3 is 1.89 bits per heavy atom. The molecule has 3 rings (SSSR count). The van der Waals surface area contributed by atoms with Crippen molar-refractivity contribution in [2.45, 2.75) is 32.1 Å². The summed E-state index contributed by atoms with van der Waals surface area (Å²) in [6.45, 7) is 0.464. The zero-order chi connectivity index (χ0) is 25.3. The van der Waals surface area contributed by atoms with E-state index in [4.69, 9.17) is 5.21 Å². The molecule has 35 heavy (non-hydrogen) atoms. The molecule has 0 aliphatic rings. The molecule has 0 atom stereocenters. The zero-order valence-corrected chi connectivity index (χ0v) is 19.4. The van der Waals surface area contributed by atoms with E-state index in [-0.39, 0.29) is 34.0 Å². The first-order chi connectivity index (χ1) is 16.8. The van der Waals surface area contributed by atoms with Gasteiger partial charge in [-0.3, -0.25) is 14.8 Å². The number of rotatable bonds is 11. The van der Waals surface area contributed by atoms with E-state index >= 15 is 0 Å². The summed E-state index contributed by atoms with van der Waals surface area (Å²) >= 11 is 0. The topological polar surface area (TPSA) is 104 Å². The minimum Gasteiger partial charge on any atom is -0.352 e. The van der Waals surface area contributed by atoms with E-state index in [2.05, 4.69) is 15.3 Å². The molecule has 2 aromatic carbocycles. The highest BCUT2D eigenvalue weighted by Crippen LogP contribution is 2.39. The first-order valence-electron chi connectivity index (χ1n) is 11.3. The molecule has 0 bridgehead atoms. The summed E-state index contributed by atoms with van der Waals surface area (Å²) < 4.78 is 27.0. The number of aromatic nitrogens is 2. The molecule has 8 nitrogen and oxygen atoms in total. The number of halogens is 2. The molecule has 0 aliphatic carbocycles. The van der Waals surface area contributed by atoms with Crippen LogP contribution in [-0.2, 0) is 4.79 Å². The molecule has 1 heterocycles. The highest BCUT2D eigenvalue weighted by molar-refractivity contribution is 5.93. The van der Waals surface area contributed by atoms with Gasteiger partial charge in [-0.25, -0.2) is 14.3 Å². The van der Waals surface area contributed by atoms with Crippen LogP contribution in [0.3, 0.4) is 0 Å². The normalized spacial score (nSPS) is 11.2. The summed E-state index contributed by atoms with van der Waals surface area (Å²) in [7, 11) is 1.81. The Balaban J connectivity index is 1.67. The molecule has 0 saturated heterocycles. The second-order valence-corrected chi connectivity index (χ2v) is 8.19. The van der Waals surface area contributed by atoms with Gasteiger partial charge in [-0.2, -0.15) is 14.5 Å². The van der Waals surface area contributed by atoms with Crippen molar-refractivity contribution in [1.29, 1.82) is 0 Å². The van der Waals surface area contributed by atoms with E-state index in [0.717, 1.165) is 19.3 Å². The van der Waals surface area contributed by atoms with Gasteiger partial charge in [-0.1, -0.05) is 12.8 Å². The number of hydroxylamine groups is 1. The number of hydrogen-bond acceptors (Lipinski definition) is 5. The van der Waals surface area contributed by atoms with Crippen molar-refractivity contribution in [3.8, 4) is 0 Å². The lowest BCUT2D eigenvalue weighted by molar-refractivity contribution is -0.129. The van der Waals surface area contributed by atoms with Crippen molar-refractivity contribution in [2.75, 3.05) is 13.6 Å². The number of nitrogens with zero attached hydrogens (tertiary/aromatic N) is 3. The predicted octanol–water partition coefficient (Wildman–Crippen LogP) is 4.54. The number of carbonyl (C=O) groups excluding carboxylic acids is 2. The number of nitrogens with one attached hydrogen (secondary N) is 2. The Hall–Kier alpha value is -3.76. The molecular formula is C25H28F2N5O3+. The second kappa shape index (κ2) is 12.1. The summed E-state index contributed by atoms with van der Waals surface area (Å²) in [4.78, 5) is 32.3. The standard InChI is InChI=1S/C25H27F2N5O3/c1-32(21-11-7-19(26)8-12-21,22-13-9-20(27)10-14-22)25-29-16-18(17-30-25)24(34)28-15-5-3-2-4-6-23(33)31-35/h7-14,16-17H,2-6,15H2,1H3,(H2-,28,31,33,34,35)/p+1. The number of amides is 2. The fraction of sp³-hybridized carbons (Fsp3) is 0.280. The molecule has 0 saturated carbocycles. The van der Waals surface area contributed by atoms with Gasteiger partial charge in [0, 0.05) is 49.6 Å². The first-order valence-corrected chi connectivity index (χ1v) is 11.3. The van der Waals surface area contributed by atoms with Crippen LogP contribution in [-0.4, -0.2) is 40.6 Å². The number of benzene rings is 2. The summed E-state index contributed by atoms with van der Waals surface area (Å²) in [5.41, 5.74) is 3.21. The van der Waals surface area contributed by atoms with Crippen LogP contribution >= 0.6 is 0 Å². The highest BCUT2D eigenvalue weighted by Gasteiger charge is 2.34. The van der Waals surface area contributed by atoms with Gasteiger partial charge in [-0.15, -0.1) is 0 Å². The molecule has 3 N–H and O–H groups in total. The van der Waals surface area contributed by atoms with Crippen molar-refractivity contribution in [1.82, 2.24) is 25.2 Å². The number of hydrogen-bond donors (Lipinski definition) is 3. The molecule has 2 amide bonds. The van der Waals surface area contributed by atoms with E-state index in [1.807, 2.05) is 0 Å². The predicted molar refractivity (Wildman–Crippen MR) is 127 cm³/mol. The fourth-order valence-corrected chi connectivity index (χ4v) is 3.65. The maximum absolute atomic E-state index is 13.6. The van der Waals surface area contributed by atoms with E-state index in [1.165, 1.54) is 36.7 Å². The van der Waals surface area contributed by atoms with E-state index < -0.39 is 5.91 Å². The monoisotopic (exact) mass is 484 g/mol. The molecule has 0 radical (unpaired) electrons. The summed E-state index contributed by atoms with van der Waals surface area (Å²) in [6.07, 6.45) is 6.16. The van der Waals surface area contributed by atoms with Crippen LogP contribution in [0.5, 0.6) is 0 Å². The Bertz CT molecular complexity index is 1080. The van der Waals surface area contributed by atoms with Gasteiger partial charge in [0.15, 0.2) is 0 Å². The molecule has 0 spiro atoms. The maximum Gasteiger partial charge on any atom is 0.339 e. The van der Waals surface area contributed by atoms with Crippen molar-refractivity contribution in [3.63, 3.8) is 0 Å². The summed E-state index contributed by atoms with van der Waals surface area (Å²) in [5, 5.41) is 11.3. The zero-order valence-electron chi connectivity index (χ0n) is 19.4. The fourth-order valence-electron chi connectivity index (χ4n) is 3.65. The molecule has 0 aliphatic heterocycles. The molecule has 184 valence electrons.